The molecule has 0 saturated carbocycles. The van der Waals surface area contributed by atoms with Gasteiger partial charge in [0, 0.05) is 23.5 Å². The summed E-state index contributed by atoms with van der Waals surface area (Å²) in [5.74, 6) is -0.0357. The molecule has 0 unspecified atom stereocenters. The highest BCUT2D eigenvalue weighted by molar-refractivity contribution is 6.20. The van der Waals surface area contributed by atoms with E-state index in [1.54, 1.807) is 49.2 Å². The van der Waals surface area contributed by atoms with Crippen molar-refractivity contribution in [1.29, 1.82) is 0 Å². The monoisotopic (exact) mass is 319 g/mol. The number of aromatic nitrogens is 4. The van der Waals surface area contributed by atoms with E-state index in [1.165, 1.54) is 0 Å². The van der Waals surface area contributed by atoms with Crippen molar-refractivity contribution in [2.45, 2.75) is 13.0 Å². The molecular weight excluding hydrogens is 306 g/mol. The van der Waals surface area contributed by atoms with Crippen LogP contribution >= 0.6 is 0 Å². The Labute approximate surface area is 137 Å². The molecule has 24 heavy (non-hydrogen) atoms. The molecule has 0 bridgehead atoms. The molecule has 0 spiro atoms. The third-order valence-corrected chi connectivity index (χ3v) is 4.03. The number of carbonyl (C=O) groups is 1. The molecule has 2 heterocycles. The number of oxime groups is 1. The highest BCUT2D eigenvalue weighted by Gasteiger charge is 2.28. The van der Waals surface area contributed by atoms with E-state index in [4.69, 9.17) is 0 Å². The number of fused-ring (bicyclic) bond motifs is 2. The van der Waals surface area contributed by atoms with Crippen molar-refractivity contribution in [1.82, 2.24) is 19.5 Å². The summed E-state index contributed by atoms with van der Waals surface area (Å²) >= 11 is 0. The number of ketones is 1. The van der Waals surface area contributed by atoms with Gasteiger partial charge in [0.1, 0.15) is 11.4 Å². The lowest BCUT2D eigenvalue weighted by Gasteiger charge is -2.07. The Morgan fingerprint density at radius 1 is 1.17 bits per heavy atom. The maximum Gasteiger partial charge on any atom is 0.169 e. The summed E-state index contributed by atoms with van der Waals surface area (Å²) in [4.78, 5) is 25.3. The van der Waals surface area contributed by atoms with Gasteiger partial charge in [-0.25, -0.2) is 4.98 Å². The summed E-state index contributed by atoms with van der Waals surface area (Å²) < 4.78 is 1.84. The van der Waals surface area contributed by atoms with E-state index in [9.17, 15) is 10.0 Å². The summed E-state index contributed by atoms with van der Waals surface area (Å²) in [6.45, 7) is 0.443. The highest BCUT2D eigenvalue weighted by Crippen LogP contribution is 2.24. The van der Waals surface area contributed by atoms with Crippen LogP contribution in [0.15, 0.2) is 54.3 Å². The lowest BCUT2D eigenvalue weighted by atomic mass is 10.0. The quantitative estimate of drug-likeness (QED) is 0.573. The second-order valence-electron chi connectivity index (χ2n) is 5.46. The van der Waals surface area contributed by atoms with Crippen LogP contribution in [0.4, 0.5) is 0 Å². The van der Waals surface area contributed by atoms with Gasteiger partial charge in [-0.2, -0.15) is 0 Å². The second kappa shape index (κ2) is 5.69. The Kier molecular flexibility index (Phi) is 3.38. The van der Waals surface area contributed by atoms with Crippen LogP contribution in [0.3, 0.4) is 0 Å². The molecule has 1 aromatic carbocycles. The molecule has 0 aliphatic heterocycles. The van der Waals surface area contributed by atoms with Crippen LogP contribution in [0.1, 0.15) is 33.0 Å². The van der Waals surface area contributed by atoms with Gasteiger partial charge in [0.15, 0.2) is 5.78 Å². The molecule has 7 nitrogen and oxygen atoms in total. The Hall–Kier alpha value is -3.35. The molecular formula is C17H13N5O2. The van der Waals surface area contributed by atoms with Crippen molar-refractivity contribution in [3.8, 4) is 0 Å². The minimum absolute atomic E-state index is 0.0357. The van der Waals surface area contributed by atoms with Gasteiger partial charge in [0.05, 0.1) is 36.9 Å². The van der Waals surface area contributed by atoms with Crippen LogP contribution in [0.25, 0.3) is 0 Å². The third-order valence-electron chi connectivity index (χ3n) is 4.03. The average Bonchev–Trinajstić information content (AvgIpc) is 2.94. The summed E-state index contributed by atoms with van der Waals surface area (Å²) in [6.07, 6.45) is 6.71. The smallest absolute Gasteiger partial charge is 0.169 e. The topological polar surface area (TPSA) is 93.3 Å². The van der Waals surface area contributed by atoms with Crippen LogP contribution in [0.2, 0.25) is 0 Å². The number of hydrogen-bond acceptors (Lipinski definition) is 6. The molecule has 1 N–H and O–H groups in total. The molecule has 4 rings (SSSR count). The Balaban J connectivity index is 1.83. The number of Topliss-reactive ketones (excluding diaryl/α,β-unsaturated/α-hetero) is 1. The molecule has 0 saturated heterocycles. The van der Waals surface area contributed by atoms with Gasteiger partial charge < -0.3 is 9.77 Å². The third kappa shape index (κ3) is 2.26. The predicted octanol–water partition coefficient (Wildman–Crippen LogP) is 1.69. The van der Waals surface area contributed by atoms with Gasteiger partial charge in [0.25, 0.3) is 0 Å². The fraction of sp³-hybridized carbons (Fsp3) is 0.118. The van der Waals surface area contributed by atoms with E-state index in [-0.39, 0.29) is 12.2 Å². The van der Waals surface area contributed by atoms with Gasteiger partial charge in [-0.3, -0.25) is 14.8 Å². The van der Waals surface area contributed by atoms with E-state index < -0.39 is 0 Å². The molecule has 0 amide bonds. The van der Waals surface area contributed by atoms with E-state index in [1.807, 2.05) is 4.57 Å². The maximum atomic E-state index is 12.6. The molecule has 1 aliphatic carbocycles. The van der Waals surface area contributed by atoms with Crippen LogP contribution in [-0.4, -0.2) is 36.2 Å². The normalized spacial score (nSPS) is 15.0. The minimum Gasteiger partial charge on any atom is -0.410 e. The fourth-order valence-electron chi connectivity index (χ4n) is 2.92. The molecule has 3 aromatic rings. The first-order valence-corrected chi connectivity index (χ1v) is 7.42. The zero-order chi connectivity index (χ0) is 16.5. The first kappa shape index (κ1) is 14.3. The lowest BCUT2D eigenvalue weighted by Crippen LogP contribution is -2.10. The van der Waals surface area contributed by atoms with Crippen molar-refractivity contribution < 1.29 is 10.0 Å². The van der Waals surface area contributed by atoms with Gasteiger partial charge in [-0.15, -0.1) is 0 Å². The summed E-state index contributed by atoms with van der Waals surface area (Å²) in [5.41, 5.74) is 3.41. The molecule has 0 atom stereocenters. The van der Waals surface area contributed by atoms with Gasteiger partial charge in [0.2, 0.25) is 0 Å². The van der Waals surface area contributed by atoms with E-state index in [2.05, 4.69) is 20.1 Å². The standard InChI is InChI=1S/C17H13N5O2/c23-15-7-14-17(16(21-24)13-4-2-1-3-12(13)15)20-10-22(14)9-11-8-18-5-6-19-11/h1-6,8,10,24H,7,9H2/b21-16+. The van der Waals surface area contributed by atoms with Gasteiger partial charge in [-0.1, -0.05) is 29.4 Å². The number of nitrogens with zero attached hydrogens (tertiary/aromatic N) is 5. The molecule has 118 valence electrons. The Morgan fingerprint density at radius 3 is 2.75 bits per heavy atom. The van der Waals surface area contributed by atoms with Crippen molar-refractivity contribution in [2.75, 3.05) is 0 Å². The van der Waals surface area contributed by atoms with Crippen molar-refractivity contribution >= 4 is 11.5 Å². The first-order valence-electron chi connectivity index (χ1n) is 7.42. The van der Waals surface area contributed by atoms with Crippen molar-refractivity contribution in [3.05, 3.63) is 77.4 Å². The number of hydrogen-bond donors (Lipinski definition) is 1. The molecule has 1 aliphatic rings. The molecule has 0 radical (unpaired) electrons. The Morgan fingerprint density at radius 2 is 2.00 bits per heavy atom. The Bertz CT molecular complexity index is 947. The lowest BCUT2D eigenvalue weighted by molar-refractivity contribution is 0.0991. The largest absolute Gasteiger partial charge is 0.410 e. The van der Waals surface area contributed by atoms with E-state index in [0.717, 1.165) is 5.69 Å². The fourth-order valence-corrected chi connectivity index (χ4v) is 2.92. The number of imidazole rings is 1. The van der Waals surface area contributed by atoms with E-state index >= 15 is 0 Å². The first-order chi connectivity index (χ1) is 11.8. The van der Waals surface area contributed by atoms with Crippen LogP contribution in [0.5, 0.6) is 0 Å². The minimum atomic E-state index is -0.0357. The van der Waals surface area contributed by atoms with Gasteiger partial charge in [-0.05, 0) is 0 Å². The van der Waals surface area contributed by atoms with Crippen molar-refractivity contribution in [3.63, 3.8) is 0 Å². The summed E-state index contributed by atoms with van der Waals surface area (Å²) in [7, 11) is 0. The molecule has 2 aromatic heterocycles. The SMILES string of the molecule is O=C1Cc2c(ncn2Cc2cnccn2)/C(=N/O)c2ccccc21. The highest BCUT2D eigenvalue weighted by atomic mass is 16.4. The number of rotatable bonds is 2. The maximum absolute atomic E-state index is 12.6. The zero-order valence-corrected chi connectivity index (χ0v) is 12.6. The zero-order valence-electron chi connectivity index (χ0n) is 12.6. The van der Waals surface area contributed by atoms with Crippen LogP contribution in [-0.2, 0) is 13.0 Å². The van der Waals surface area contributed by atoms with Crippen LogP contribution < -0.4 is 0 Å². The second-order valence-corrected chi connectivity index (χ2v) is 5.46. The number of carbonyl (C=O) groups excluding carboxylic acids is 1. The number of benzene rings is 1. The van der Waals surface area contributed by atoms with Crippen molar-refractivity contribution in [2.24, 2.45) is 5.16 Å². The average molecular weight is 319 g/mol. The van der Waals surface area contributed by atoms with E-state index in [0.29, 0.717) is 34.8 Å². The predicted molar refractivity (Wildman–Crippen MR) is 85.3 cm³/mol. The molecule has 0 fully saturated rings. The summed E-state index contributed by atoms with van der Waals surface area (Å²) in [5, 5.41) is 12.9. The van der Waals surface area contributed by atoms with Crippen LogP contribution in [0, 0.1) is 0 Å². The van der Waals surface area contributed by atoms with Gasteiger partial charge >= 0.3 is 0 Å². The molecule has 7 heteroatoms. The summed E-state index contributed by atoms with van der Waals surface area (Å²) in [6, 6.07) is 7.10.